The number of amides is 5. The molecule has 1 heterocycles. The molecule has 1 aromatic rings. The van der Waals surface area contributed by atoms with Gasteiger partial charge in [-0.25, -0.2) is 13.2 Å². The Hall–Kier alpha value is -4.36. The number of sulfone groups is 1. The first-order valence-corrected chi connectivity index (χ1v) is 19.7. The minimum absolute atomic E-state index is 0.00210. The summed E-state index contributed by atoms with van der Waals surface area (Å²) in [6.07, 6.45) is 14.4. The van der Waals surface area contributed by atoms with Crippen molar-refractivity contribution < 1.29 is 32.4 Å². The van der Waals surface area contributed by atoms with E-state index in [1.54, 1.807) is 39.0 Å². The zero-order chi connectivity index (χ0) is 38.5. The number of urea groups is 1. The molecule has 1 aromatic carbocycles. The fourth-order valence-electron chi connectivity index (χ4n) is 7.89. The zero-order valence-electron chi connectivity index (χ0n) is 30.9. The topological polar surface area (TPSA) is 171 Å². The Morgan fingerprint density at radius 1 is 0.962 bits per heavy atom. The van der Waals surface area contributed by atoms with E-state index < -0.39 is 68.5 Å². The highest BCUT2D eigenvalue weighted by atomic mass is 32.2. The molecule has 12 nitrogen and oxygen atoms in total. The molecular weight excluding hydrogens is 683 g/mol. The molecule has 282 valence electrons. The molecule has 3 aliphatic rings. The van der Waals surface area contributed by atoms with Crippen LogP contribution in [-0.4, -0.2) is 85.4 Å². The number of hydrogen-bond acceptors (Lipinski definition) is 7. The van der Waals surface area contributed by atoms with Gasteiger partial charge in [-0.2, -0.15) is 0 Å². The summed E-state index contributed by atoms with van der Waals surface area (Å²) in [7, 11) is -3.74. The molecule has 4 rings (SSSR count). The summed E-state index contributed by atoms with van der Waals surface area (Å²) < 4.78 is 27.0. The fraction of sp³-hybridized carbons (Fsp3) is 0.615. The zero-order valence-corrected chi connectivity index (χ0v) is 31.7. The van der Waals surface area contributed by atoms with Crippen LogP contribution in [-0.2, 0) is 29.0 Å². The van der Waals surface area contributed by atoms with Gasteiger partial charge in [0.05, 0.1) is 22.2 Å². The van der Waals surface area contributed by atoms with Crippen molar-refractivity contribution in [2.45, 2.75) is 115 Å². The quantitative estimate of drug-likeness (QED) is 0.129. The van der Waals surface area contributed by atoms with Gasteiger partial charge in [-0.15, -0.1) is 24.7 Å². The minimum atomic E-state index is -3.74. The van der Waals surface area contributed by atoms with Gasteiger partial charge in [-0.05, 0) is 54.1 Å². The summed E-state index contributed by atoms with van der Waals surface area (Å²) in [5.41, 5.74) is -2.10. The maximum Gasteiger partial charge on any atom is 0.315 e. The van der Waals surface area contributed by atoms with E-state index in [9.17, 15) is 32.4 Å². The third kappa shape index (κ3) is 9.16. The minimum Gasteiger partial charge on any atom is -0.348 e. The van der Waals surface area contributed by atoms with Gasteiger partial charge >= 0.3 is 6.03 Å². The van der Waals surface area contributed by atoms with Crippen molar-refractivity contribution in [3.63, 3.8) is 0 Å². The second-order valence-electron chi connectivity index (χ2n) is 16.1. The standard InChI is InChI=1S/C39H53N5O7S/c1-8-10-20-28(31(45)34(47)40-23-11-9-2)41-33(46)30-29-27(38(29,6)7)24-44(30)35(48)32(37(3,4)5)42-36(49)43-39(21-16-13-17-22-39)25-52(50,51)26-18-14-12-15-19-26/h1-2,12,14-15,18-19,27-30,32H,10-11,13,16-17,20-25H2,3-7H3,(H,40,47)(H,41,46)(H2,42,43,49)/t27?,28?,29?,30-,32+/m0/s1. The van der Waals surface area contributed by atoms with E-state index in [-0.39, 0.29) is 60.3 Å². The predicted octanol–water partition coefficient (Wildman–Crippen LogP) is 2.97. The molecule has 2 aliphatic carbocycles. The van der Waals surface area contributed by atoms with Crippen LogP contribution in [0.2, 0.25) is 0 Å². The van der Waals surface area contributed by atoms with Crippen molar-refractivity contribution in [3.8, 4) is 24.7 Å². The molecule has 13 heteroatoms. The summed E-state index contributed by atoms with van der Waals surface area (Å²) in [4.78, 5) is 69.8. The summed E-state index contributed by atoms with van der Waals surface area (Å²) in [5.74, 6) is 1.52. The molecule has 4 N–H and O–H groups in total. The van der Waals surface area contributed by atoms with Crippen LogP contribution in [0.3, 0.4) is 0 Å². The Labute approximate surface area is 308 Å². The first kappa shape index (κ1) is 40.4. The molecule has 3 fully saturated rings. The SMILES string of the molecule is C#CCCNC(=O)C(=O)C(CCC#C)NC(=O)[C@@H]1C2C(CN1C(=O)[C@@H](NC(=O)NC1(CS(=O)(=O)c3ccccc3)CCCCC1)C(C)(C)C)C2(C)C. The maximum atomic E-state index is 14.5. The molecule has 5 atom stereocenters. The predicted molar refractivity (Wildman–Crippen MR) is 197 cm³/mol. The van der Waals surface area contributed by atoms with Crippen molar-refractivity contribution >= 4 is 39.4 Å². The summed E-state index contributed by atoms with van der Waals surface area (Å²) >= 11 is 0. The summed E-state index contributed by atoms with van der Waals surface area (Å²) in [6.45, 7) is 9.80. The number of ketones is 1. The second kappa shape index (κ2) is 16.1. The molecule has 3 unspecified atom stereocenters. The molecule has 5 amide bonds. The van der Waals surface area contributed by atoms with Crippen molar-refractivity contribution in [3.05, 3.63) is 30.3 Å². The molecule has 0 spiro atoms. The maximum absolute atomic E-state index is 14.5. The van der Waals surface area contributed by atoms with E-state index in [1.165, 1.54) is 17.0 Å². The van der Waals surface area contributed by atoms with E-state index in [0.29, 0.717) is 12.8 Å². The van der Waals surface area contributed by atoms with Gasteiger partial charge in [0.15, 0.2) is 9.84 Å². The number of rotatable bonds is 14. The number of hydrogen-bond donors (Lipinski definition) is 4. The van der Waals surface area contributed by atoms with Crippen LogP contribution in [0.15, 0.2) is 35.2 Å². The van der Waals surface area contributed by atoms with E-state index >= 15 is 0 Å². The number of likely N-dealkylation sites (tertiary alicyclic amines) is 1. The van der Waals surface area contributed by atoms with Gasteiger partial charge in [0.2, 0.25) is 17.6 Å². The Balaban J connectivity index is 1.55. The fourth-order valence-corrected chi connectivity index (χ4v) is 9.72. The molecular formula is C39H53N5O7S. The van der Waals surface area contributed by atoms with E-state index in [2.05, 4.69) is 33.1 Å². The molecule has 0 bridgehead atoms. The van der Waals surface area contributed by atoms with Crippen LogP contribution in [0, 0.1) is 47.4 Å². The lowest BCUT2D eigenvalue weighted by atomic mass is 9.83. The van der Waals surface area contributed by atoms with Crippen LogP contribution in [0.25, 0.3) is 0 Å². The number of Topliss-reactive ketones (excluding diaryl/α,β-unsaturated/α-hetero) is 1. The Bertz CT molecular complexity index is 1710. The summed E-state index contributed by atoms with van der Waals surface area (Å²) in [5, 5.41) is 11.0. The number of nitrogens with one attached hydrogen (secondary N) is 4. The van der Waals surface area contributed by atoms with Crippen molar-refractivity contribution in [2.24, 2.45) is 22.7 Å². The smallest absolute Gasteiger partial charge is 0.315 e. The third-order valence-corrected chi connectivity index (χ3v) is 12.8. The van der Waals surface area contributed by atoms with Crippen molar-refractivity contribution in [1.29, 1.82) is 0 Å². The van der Waals surface area contributed by atoms with Crippen LogP contribution in [0.1, 0.15) is 86.0 Å². The van der Waals surface area contributed by atoms with Crippen molar-refractivity contribution in [2.75, 3.05) is 18.8 Å². The average Bonchev–Trinajstić information content (AvgIpc) is 3.38. The first-order chi connectivity index (χ1) is 24.4. The Morgan fingerprint density at radius 2 is 1.60 bits per heavy atom. The lowest BCUT2D eigenvalue weighted by Gasteiger charge is -2.40. The molecule has 0 radical (unpaired) electrons. The molecule has 1 aliphatic heterocycles. The lowest BCUT2D eigenvalue weighted by molar-refractivity contribution is -0.145. The first-order valence-electron chi connectivity index (χ1n) is 18.0. The lowest BCUT2D eigenvalue weighted by Crippen LogP contribution is -2.63. The number of benzene rings is 1. The van der Waals surface area contributed by atoms with Gasteiger partial charge < -0.3 is 26.2 Å². The van der Waals surface area contributed by atoms with E-state index in [1.807, 2.05) is 13.8 Å². The Kier molecular flexibility index (Phi) is 12.5. The number of terminal acetylenes is 2. The third-order valence-electron chi connectivity index (χ3n) is 10.9. The van der Waals surface area contributed by atoms with Crippen molar-refractivity contribution in [1.82, 2.24) is 26.2 Å². The summed E-state index contributed by atoms with van der Waals surface area (Å²) in [6, 6.07) is 4.20. The number of carbonyl (C=O) groups excluding carboxylic acids is 5. The van der Waals surface area contributed by atoms with Gasteiger partial charge in [-0.1, -0.05) is 72.1 Å². The number of nitrogens with zero attached hydrogens (tertiary/aromatic N) is 1. The van der Waals surface area contributed by atoms with E-state index in [0.717, 1.165) is 19.3 Å². The van der Waals surface area contributed by atoms with E-state index in [4.69, 9.17) is 12.8 Å². The van der Waals surface area contributed by atoms with Gasteiger partial charge in [0, 0.05) is 25.9 Å². The average molecular weight is 736 g/mol. The number of piperidine rings is 1. The van der Waals surface area contributed by atoms with Gasteiger partial charge in [0.1, 0.15) is 12.1 Å². The number of fused-ring (bicyclic) bond motifs is 1. The van der Waals surface area contributed by atoms with Crippen LogP contribution in [0.5, 0.6) is 0 Å². The second-order valence-corrected chi connectivity index (χ2v) is 18.1. The van der Waals surface area contributed by atoms with Gasteiger partial charge in [-0.3, -0.25) is 19.2 Å². The number of carbonyl (C=O) groups is 5. The highest BCUT2D eigenvalue weighted by Crippen LogP contribution is 2.65. The Morgan fingerprint density at radius 3 is 2.19 bits per heavy atom. The highest BCUT2D eigenvalue weighted by Gasteiger charge is 2.70. The molecule has 52 heavy (non-hydrogen) atoms. The monoisotopic (exact) mass is 735 g/mol. The van der Waals surface area contributed by atoms with Crippen LogP contribution in [0.4, 0.5) is 4.79 Å². The normalized spacial score (nSPS) is 22.7. The molecule has 0 aromatic heterocycles. The van der Waals surface area contributed by atoms with Crippen LogP contribution >= 0.6 is 0 Å². The largest absolute Gasteiger partial charge is 0.348 e. The molecule has 1 saturated heterocycles. The van der Waals surface area contributed by atoms with Gasteiger partial charge in [0.25, 0.3) is 5.91 Å². The molecule has 2 saturated carbocycles. The highest BCUT2D eigenvalue weighted by molar-refractivity contribution is 7.91. The van der Waals surface area contributed by atoms with Crippen LogP contribution < -0.4 is 21.3 Å².